The van der Waals surface area contributed by atoms with Crippen LogP contribution in [0.3, 0.4) is 0 Å². The molecule has 0 aliphatic heterocycles. The summed E-state index contributed by atoms with van der Waals surface area (Å²) in [5.41, 5.74) is 5.10. The van der Waals surface area contributed by atoms with Crippen LogP contribution in [-0.2, 0) is 9.90 Å². The summed E-state index contributed by atoms with van der Waals surface area (Å²) >= 11 is 0. The van der Waals surface area contributed by atoms with Crippen molar-refractivity contribution < 1.29 is 9.90 Å². The average molecular weight is 116 g/mol. The lowest BCUT2D eigenvalue weighted by Gasteiger charge is -2.06. The Hall–Kier alpha value is -0.570. The Bertz CT molecular complexity index is 90.4. The van der Waals surface area contributed by atoms with Crippen LogP contribution in [0.2, 0.25) is 0 Å². The van der Waals surface area contributed by atoms with E-state index in [1.807, 2.05) is 0 Å². The monoisotopic (exact) mass is 116 g/mol. The second kappa shape index (κ2) is 2.67. The van der Waals surface area contributed by atoms with E-state index >= 15 is 0 Å². The normalized spacial score (nSPS) is 14.0. The summed E-state index contributed by atoms with van der Waals surface area (Å²) < 4.78 is 0. The van der Waals surface area contributed by atoms with Crippen molar-refractivity contribution in [3.8, 4) is 0 Å². The molecule has 0 fully saturated rings. The summed E-state index contributed by atoms with van der Waals surface area (Å²) in [5.74, 6) is -1.22. The standard InChI is InChI=1S/C5H10NO2/c1-3(2)4(6)5(7)8/h3-4H,6H2,1-2H3. The van der Waals surface area contributed by atoms with Crippen molar-refractivity contribution in [2.75, 3.05) is 0 Å². The number of carbonyl (C=O) groups is 1. The second-order valence-electron chi connectivity index (χ2n) is 2.09. The lowest BCUT2D eigenvalue weighted by molar-refractivity contribution is -0.145. The van der Waals surface area contributed by atoms with E-state index in [0.29, 0.717) is 0 Å². The van der Waals surface area contributed by atoms with Crippen molar-refractivity contribution in [1.82, 2.24) is 0 Å². The van der Waals surface area contributed by atoms with Gasteiger partial charge in [0.15, 0.2) is 0 Å². The van der Waals surface area contributed by atoms with Gasteiger partial charge in [0.1, 0.15) is 6.04 Å². The summed E-state index contributed by atoms with van der Waals surface area (Å²) in [6.07, 6.45) is 0. The van der Waals surface area contributed by atoms with Gasteiger partial charge in [0, 0.05) is 0 Å². The van der Waals surface area contributed by atoms with Gasteiger partial charge in [0.25, 0.3) is 0 Å². The van der Waals surface area contributed by atoms with E-state index in [9.17, 15) is 9.90 Å². The molecule has 0 saturated heterocycles. The SMILES string of the molecule is CC(C)C(N)C([O])=O. The molecule has 0 rings (SSSR count). The van der Waals surface area contributed by atoms with Crippen LogP contribution in [0, 0.1) is 5.92 Å². The zero-order chi connectivity index (χ0) is 6.73. The molecule has 0 saturated carbocycles. The molecule has 0 aromatic heterocycles. The molecule has 3 nitrogen and oxygen atoms in total. The van der Waals surface area contributed by atoms with Crippen LogP contribution in [0.4, 0.5) is 0 Å². The topological polar surface area (TPSA) is 63.0 Å². The van der Waals surface area contributed by atoms with Gasteiger partial charge in [0.05, 0.1) is 0 Å². The first-order valence-corrected chi connectivity index (χ1v) is 2.52. The summed E-state index contributed by atoms with van der Waals surface area (Å²) in [6.45, 7) is 3.47. The molecule has 0 aliphatic rings. The third kappa shape index (κ3) is 1.93. The average Bonchev–Trinajstić information content (AvgIpc) is 1.64. The highest BCUT2D eigenvalue weighted by Gasteiger charge is 2.16. The van der Waals surface area contributed by atoms with Crippen molar-refractivity contribution in [2.45, 2.75) is 19.9 Å². The quantitative estimate of drug-likeness (QED) is 0.548. The molecule has 47 valence electrons. The Morgan fingerprint density at radius 1 is 1.50 bits per heavy atom. The first-order chi connectivity index (χ1) is 3.55. The zero-order valence-electron chi connectivity index (χ0n) is 5.05. The highest BCUT2D eigenvalue weighted by Crippen LogP contribution is 1.96. The first kappa shape index (κ1) is 7.43. The molecule has 2 N–H and O–H groups in total. The van der Waals surface area contributed by atoms with Crippen LogP contribution >= 0.6 is 0 Å². The predicted octanol–water partition coefficient (Wildman–Crippen LogP) is -0.0732. The molecule has 0 aromatic rings. The number of nitrogens with two attached hydrogens (primary N) is 1. The highest BCUT2D eigenvalue weighted by molar-refractivity contribution is 5.72. The Balaban J connectivity index is 3.64. The van der Waals surface area contributed by atoms with E-state index in [1.165, 1.54) is 0 Å². The summed E-state index contributed by atoms with van der Waals surface area (Å²) in [4.78, 5) is 9.90. The van der Waals surface area contributed by atoms with Crippen LogP contribution in [-0.4, -0.2) is 12.0 Å². The minimum atomic E-state index is -1.18. The third-order valence-electron chi connectivity index (χ3n) is 0.990. The summed E-state index contributed by atoms with van der Waals surface area (Å²) in [5, 5.41) is 9.90. The van der Waals surface area contributed by atoms with Crippen molar-refractivity contribution >= 4 is 5.97 Å². The molecule has 0 spiro atoms. The first-order valence-electron chi connectivity index (χ1n) is 2.52. The number of rotatable bonds is 2. The van der Waals surface area contributed by atoms with E-state index in [2.05, 4.69) is 0 Å². The van der Waals surface area contributed by atoms with E-state index in [4.69, 9.17) is 5.73 Å². The fourth-order valence-electron chi connectivity index (χ4n) is 0.272. The summed E-state index contributed by atoms with van der Waals surface area (Å²) in [7, 11) is 0. The van der Waals surface area contributed by atoms with Crippen LogP contribution < -0.4 is 5.73 Å². The van der Waals surface area contributed by atoms with E-state index in [-0.39, 0.29) is 5.92 Å². The van der Waals surface area contributed by atoms with Gasteiger partial charge in [-0.25, -0.2) is 9.90 Å². The molecule has 1 atom stereocenters. The minimum absolute atomic E-state index is 0.0417. The van der Waals surface area contributed by atoms with Gasteiger partial charge in [-0.15, -0.1) is 0 Å². The van der Waals surface area contributed by atoms with Crippen molar-refractivity contribution in [2.24, 2.45) is 11.7 Å². The molecule has 0 heterocycles. The Labute approximate surface area is 48.5 Å². The molecular formula is C5H10NO2. The third-order valence-corrected chi connectivity index (χ3v) is 0.990. The van der Waals surface area contributed by atoms with Gasteiger partial charge >= 0.3 is 5.97 Å². The molecule has 3 heteroatoms. The summed E-state index contributed by atoms with van der Waals surface area (Å²) in [6, 6.07) is -0.824. The molecule has 0 amide bonds. The van der Waals surface area contributed by atoms with E-state index < -0.39 is 12.0 Å². The maximum Gasteiger partial charge on any atom is 0.372 e. The number of hydrogen-bond acceptors (Lipinski definition) is 2. The Morgan fingerprint density at radius 3 is 1.88 bits per heavy atom. The van der Waals surface area contributed by atoms with E-state index in [0.717, 1.165) is 0 Å². The van der Waals surface area contributed by atoms with Crippen LogP contribution in [0.5, 0.6) is 0 Å². The second-order valence-corrected chi connectivity index (χ2v) is 2.09. The smallest absolute Gasteiger partial charge is 0.318 e. The van der Waals surface area contributed by atoms with Gasteiger partial charge in [-0.1, -0.05) is 13.8 Å². The van der Waals surface area contributed by atoms with Crippen molar-refractivity contribution in [3.05, 3.63) is 0 Å². The van der Waals surface area contributed by atoms with Crippen LogP contribution in [0.1, 0.15) is 13.8 Å². The van der Waals surface area contributed by atoms with Crippen molar-refractivity contribution in [1.29, 1.82) is 0 Å². The predicted molar refractivity (Wildman–Crippen MR) is 28.5 cm³/mol. The fourth-order valence-corrected chi connectivity index (χ4v) is 0.272. The molecular weight excluding hydrogens is 106 g/mol. The maximum absolute atomic E-state index is 9.90. The van der Waals surface area contributed by atoms with Gasteiger partial charge in [-0.2, -0.15) is 0 Å². The van der Waals surface area contributed by atoms with Gasteiger partial charge in [-0.05, 0) is 5.92 Å². The Morgan fingerprint density at radius 2 is 1.88 bits per heavy atom. The molecule has 1 radical (unpaired) electrons. The van der Waals surface area contributed by atoms with Crippen LogP contribution in [0.15, 0.2) is 0 Å². The molecule has 0 bridgehead atoms. The molecule has 0 aliphatic carbocycles. The largest absolute Gasteiger partial charge is 0.372 e. The minimum Gasteiger partial charge on any atom is -0.318 e. The fraction of sp³-hybridized carbons (Fsp3) is 0.800. The van der Waals surface area contributed by atoms with Crippen LogP contribution in [0.25, 0.3) is 0 Å². The lowest BCUT2D eigenvalue weighted by Crippen LogP contribution is -2.34. The number of hydrogen-bond donors (Lipinski definition) is 1. The number of carbonyl (C=O) groups excluding carboxylic acids is 1. The van der Waals surface area contributed by atoms with E-state index in [1.54, 1.807) is 13.8 Å². The molecule has 1 unspecified atom stereocenters. The van der Waals surface area contributed by atoms with Gasteiger partial charge < -0.3 is 5.73 Å². The Kier molecular flexibility index (Phi) is 2.48. The lowest BCUT2D eigenvalue weighted by atomic mass is 10.1. The molecule has 8 heavy (non-hydrogen) atoms. The molecule has 0 aromatic carbocycles. The maximum atomic E-state index is 9.90. The van der Waals surface area contributed by atoms with Gasteiger partial charge in [0.2, 0.25) is 0 Å². The highest BCUT2D eigenvalue weighted by atomic mass is 16.4. The van der Waals surface area contributed by atoms with Crippen molar-refractivity contribution in [3.63, 3.8) is 0 Å². The zero-order valence-corrected chi connectivity index (χ0v) is 5.05. The van der Waals surface area contributed by atoms with Gasteiger partial charge in [-0.3, -0.25) is 0 Å².